The van der Waals surface area contributed by atoms with E-state index >= 15 is 0 Å². The van der Waals surface area contributed by atoms with Crippen molar-refractivity contribution in [1.29, 1.82) is 0 Å². The first kappa shape index (κ1) is 9.56. The Morgan fingerprint density at radius 3 is 2.90 bits per heavy atom. The third-order valence-electron chi connectivity index (χ3n) is 0.838. The van der Waals surface area contributed by atoms with Crippen LogP contribution in [-0.4, -0.2) is 12.5 Å². The summed E-state index contributed by atoms with van der Waals surface area (Å²) in [4.78, 5) is 3.92. The third kappa shape index (κ3) is 5.69. The van der Waals surface area contributed by atoms with E-state index in [1.165, 1.54) is 0 Å². The van der Waals surface area contributed by atoms with Gasteiger partial charge in [0.25, 0.3) is 0 Å². The molecule has 10 heavy (non-hydrogen) atoms. The molecule has 0 aromatic carbocycles. The molecule has 0 saturated heterocycles. The molecular weight excluding hydrogens is 146 g/mol. The van der Waals surface area contributed by atoms with Crippen molar-refractivity contribution >= 4 is 18.5 Å². The van der Waals surface area contributed by atoms with E-state index in [1.54, 1.807) is 11.6 Å². The second kappa shape index (κ2) is 6.68. The van der Waals surface area contributed by atoms with Crippen molar-refractivity contribution in [1.82, 2.24) is 0 Å². The lowest BCUT2D eigenvalue weighted by atomic mass is 10.5. The second-order valence-corrected chi connectivity index (χ2v) is 2.09. The quantitative estimate of drug-likeness (QED) is 0.380. The zero-order chi connectivity index (χ0) is 7.82. The van der Waals surface area contributed by atoms with Crippen molar-refractivity contribution in [2.24, 2.45) is 4.99 Å². The predicted octanol–water partition coefficient (Wildman–Crippen LogP) is 2.23. The highest BCUT2D eigenvalue weighted by Gasteiger charge is 1.85. The molecule has 0 unspecified atom stereocenters. The molecule has 58 valence electrons. The minimum atomic E-state index is 0.687. The number of thiol groups is 1. The van der Waals surface area contributed by atoms with Crippen LogP contribution in [0.15, 0.2) is 16.6 Å². The van der Waals surface area contributed by atoms with Gasteiger partial charge in [-0.1, -0.05) is 6.92 Å². The van der Waals surface area contributed by atoms with Gasteiger partial charge in [0.05, 0.1) is 6.61 Å². The fraction of sp³-hybridized carbons (Fsp3) is 0.571. The molecular formula is C7H13NOS. The van der Waals surface area contributed by atoms with Crippen LogP contribution in [0.2, 0.25) is 0 Å². The van der Waals surface area contributed by atoms with Gasteiger partial charge in [0, 0.05) is 13.1 Å². The highest BCUT2D eigenvalue weighted by Crippen LogP contribution is 1.87. The van der Waals surface area contributed by atoms with E-state index in [4.69, 9.17) is 4.74 Å². The summed E-state index contributed by atoms with van der Waals surface area (Å²) in [6, 6.07) is 0. The molecule has 0 heterocycles. The lowest BCUT2D eigenvalue weighted by molar-refractivity contribution is 0.302. The summed E-state index contributed by atoms with van der Waals surface area (Å²) < 4.78 is 5.16. The van der Waals surface area contributed by atoms with Crippen molar-refractivity contribution in [2.75, 3.05) is 6.61 Å². The van der Waals surface area contributed by atoms with Crippen LogP contribution in [0.5, 0.6) is 0 Å². The van der Waals surface area contributed by atoms with Crippen LogP contribution in [-0.2, 0) is 4.74 Å². The van der Waals surface area contributed by atoms with Crippen molar-refractivity contribution in [3.05, 3.63) is 11.6 Å². The van der Waals surface area contributed by atoms with E-state index < -0.39 is 0 Å². The Kier molecular flexibility index (Phi) is 6.38. The number of hydrogen-bond donors (Lipinski definition) is 1. The maximum Gasteiger partial charge on any atom is 0.184 e. The van der Waals surface area contributed by atoms with E-state index in [1.807, 2.05) is 6.92 Å². The van der Waals surface area contributed by atoms with Crippen LogP contribution in [0, 0.1) is 0 Å². The summed E-state index contributed by atoms with van der Waals surface area (Å²) in [5, 5.41) is 1.57. The number of nitrogens with zero attached hydrogens (tertiary/aromatic N) is 1. The molecule has 0 fully saturated rings. The highest BCUT2D eigenvalue weighted by atomic mass is 32.1. The van der Waals surface area contributed by atoms with Crippen molar-refractivity contribution in [3.63, 3.8) is 0 Å². The molecule has 3 heteroatoms. The summed E-state index contributed by atoms with van der Waals surface area (Å²) in [5.41, 5.74) is 0. The van der Waals surface area contributed by atoms with Gasteiger partial charge in [-0.25, -0.2) is 4.99 Å². The van der Waals surface area contributed by atoms with Gasteiger partial charge in [-0.15, -0.1) is 12.6 Å². The smallest absolute Gasteiger partial charge is 0.184 e. The molecule has 0 amide bonds. The minimum absolute atomic E-state index is 0.687. The normalized spacial score (nSPS) is 12.5. The fourth-order valence-corrected chi connectivity index (χ4v) is 0.492. The molecule has 0 aromatic rings. The molecule has 0 aliphatic carbocycles. The molecule has 0 aliphatic rings. The van der Waals surface area contributed by atoms with Crippen LogP contribution in [0.3, 0.4) is 0 Å². The van der Waals surface area contributed by atoms with Gasteiger partial charge in [0.1, 0.15) is 0 Å². The highest BCUT2D eigenvalue weighted by molar-refractivity contribution is 7.83. The molecule has 0 aromatic heterocycles. The van der Waals surface area contributed by atoms with Gasteiger partial charge < -0.3 is 4.74 Å². The Labute approximate surface area is 67.4 Å². The first-order chi connectivity index (χ1) is 4.81. The van der Waals surface area contributed by atoms with Gasteiger partial charge in [0.2, 0.25) is 0 Å². The number of aliphatic imine (C=N–C) groups is 1. The number of ether oxygens (including phenoxy) is 1. The molecule has 2 nitrogen and oxygen atoms in total. The largest absolute Gasteiger partial charge is 0.481 e. The van der Waals surface area contributed by atoms with Crippen LogP contribution in [0.1, 0.15) is 20.3 Å². The SMILES string of the molecule is CCCO/C(C)=N/C=C\S. The number of hydrogen-bond acceptors (Lipinski definition) is 3. The molecule has 0 N–H and O–H groups in total. The molecule has 0 spiro atoms. The van der Waals surface area contributed by atoms with Crippen LogP contribution in [0.4, 0.5) is 0 Å². The van der Waals surface area contributed by atoms with Crippen LogP contribution < -0.4 is 0 Å². The van der Waals surface area contributed by atoms with E-state index in [9.17, 15) is 0 Å². The zero-order valence-electron chi connectivity index (χ0n) is 6.37. The summed E-state index contributed by atoms with van der Waals surface area (Å²) in [6.07, 6.45) is 2.60. The maximum atomic E-state index is 5.16. The third-order valence-corrected chi connectivity index (χ3v) is 0.971. The van der Waals surface area contributed by atoms with E-state index in [-0.39, 0.29) is 0 Å². The molecule has 0 saturated carbocycles. The summed E-state index contributed by atoms with van der Waals surface area (Å²) in [5.74, 6) is 0.687. The first-order valence-corrected chi connectivity index (χ1v) is 3.79. The van der Waals surface area contributed by atoms with Gasteiger partial charge >= 0.3 is 0 Å². The number of rotatable bonds is 3. The summed E-state index contributed by atoms with van der Waals surface area (Å²) in [6.45, 7) is 4.61. The molecule has 0 radical (unpaired) electrons. The van der Waals surface area contributed by atoms with E-state index in [0.717, 1.165) is 13.0 Å². The van der Waals surface area contributed by atoms with Crippen LogP contribution in [0.25, 0.3) is 0 Å². The van der Waals surface area contributed by atoms with Gasteiger partial charge in [-0.2, -0.15) is 0 Å². The van der Waals surface area contributed by atoms with Crippen molar-refractivity contribution < 1.29 is 4.74 Å². The molecule has 0 bridgehead atoms. The average molecular weight is 159 g/mol. The summed E-state index contributed by atoms with van der Waals surface area (Å²) >= 11 is 3.84. The van der Waals surface area contributed by atoms with E-state index in [2.05, 4.69) is 24.5 Å². The monoisotopic (exact) mass is 159 g/mol. The lowest BCUT2D eigenvalue weighted by Gasteiger charge is -1.99. The standard InChI is InChI=1S/C7H13NOS/c1-3-5-9-7(2)8-4-6-10/h4,6,10H,3,5H2,1-2H3/b6-4-,8-7+. The molecule has 0 aliphatic heterocycles. The van der Waals surface area contributed by atoms with Crippen molar-refractivity contribution in [3.8, 4) is 0 Å². The maximum absolute atomic E-state index is 5.16. The Hall–Kier alpha value is -0.440. The molecule has 0 atom stereocenters. The Balaban J connectivity index is 3.49. The van der Waals surface area contributed by atoms with Crippen molar-refractivity contribution in [2.45, 2.75) is 20.3 Å². The molecule has 0 rings (SSSR count). The van der Waals surface area contributed by atoms with Gasteiger partial charge in [0.15, 0.2) is 5.90 Å². The predicted molar refractivity (Wildman–Crippen MR) is 47.5 cm³/mol. The fourth-order valence-electron chi connectivity index (χ4n) is 0.425. The second-order valence-electron chi connectivity index (χ2n) is 1.79. The Morgan fingerprint density at radius 1 is 1.70 bits per heavy atom. The first-order valence-electron chi connectivity index (χ1n) is 3.27. The van der Waals surface area contributed by atoms with E-state index in [0.29, 0.717) is 5.90 Å². The average Bonchev–Trinajstić information content (AvgIpc) is 1.97. The lowest BCUT2D eigenvalue weighted by Crippen LogP contribution is -1.99. The van der Waals surface area contributed by atoms with Gasteiger partial charge in [-0.3, -0.25) is 0 Å². The van der Waals surface area contributed by atoms with Gasteiger partial charge in [-0.05, 0) is 11.8 Å². The Morgan fingerprint density at radius 2 is 2.40 bits per heavy atom. The van der Waals surface area contributed by atoms with Crippen LogP contribution >= 0.6 is 12.6 Å². The summed E-state index contributed by atoms with van der Waals surface area (Å²) in [7, 11) is 0. The topological polar surface area (TPSA) is 21.6 Å². The Bertz CT molecular complexity index is 132. The zero-order valence-corrected chi connectivity index (χ0v) is 7.27. The minimum Gasteiger partial charge on any atom is -0.481 e.